The molecule has 0 radical (unpaired) electrons. The van der Waals surface area contributed by atoms with Crippen molar-refractivity contribution >= 4 is 34.5 Å². The Bertz CT molecular complexity index is 2180. The predicted molar refractivity (Wildman–Crippen MR) is 215 cm³/mol. The van der Waals surface area contributed by atoms with E-state index in [0.717, 1.165) is 18.6 Å². The molecule has 0 saturated carbocycles. The molecule has 1 amide bonds. The summed E-state index contributed by atoms with van der Waals surface area (Å²) >= 11 is 0. The van der Waals surface area contributed by atoms with Gasteiger partial charge in [-0.2, -0.15) is 26.3 Å². The highest BCUT2D eigenvalue weighted by Crippen LogP contribution is 2.36. The van der Waals surface area contributed by atoms with Crippen molar-refractivity contribution in [2.24, 2.45) is 5.92 Å². The molecular formula is C42H51F6N9O6. The molecule has 3 fully saturated rings. The number of aryl methyl sites for hydroxylation is 2. The Morgan fingerprint density at radius 1 is 0.841 bits per heavy atom. The van der Waals surface area contributed by atoms with Crippen LogP contribution < -0.4 is 15.1 Å². The van der Waals surface area contributed by atoms with Gasteiger partial charge in [0, 0.05) is 45.1 Å². The summed E-state index contributed by atoms with van der Waals surface area (Å²) < 4.78 is 88.2. The number of aliphatic hydroxyl groups is 3. The number of carbonyl (C=O) groups excluding carboxylic acids is 2. The Morgan fingerprint density at radius 2 is 1.59 bits per heavy atom. The largest absolute Gasteiger partial charge is 0.451 e. The van der Waals surface area contributed by atoms with Crippen LogP contribution in [0.4, 0.5) is 38.0 Å². The Kier molecular flexibility index (Phi) is 14.5. The Morgan fingerprint density at radius 3 is 2.29 bits per heavy atom. The first-order valence-electron chi connectivity index (χ1n) is 21.3. The van der Waals surface area contributed by atoms with Crippen molar-refractivity contribution in [2.75, 3.05) is 42.6 Å². The number of hydrogen-bond acceptors (Lipinski definition) is 13. The zero-order chi connectivity index (χ0) is 44.9. The van der Waals surface area contributed by atoms with E-state index in [0.29, 0.717) is 113 Å². The second-order valence-corrected chi connectivity index (χ2v) is 16.4. The maximum atomic E-state index is 14.1. The number of piperidine rings is 1. The lowest BCUT2D eigenvalue weighted by molar-refractivity contribution is -0.144. The molecule has 3 aliphatic rings. The van der Waals surface area contributed by atoms with Crippen LogP contribution in [0.25, 0.3) is 11.2 Å². The molecule has 6 heterocycles. The zero-order valence-electron chi connectivity index (χ0n) is 34.4. The molecule has 4 N–H and O–H groups in total. The molecule has 3 aromatic heterocycles. The molecule has 3 saturated heterocycles. The van der Waals surface area contributed by atoms with Crippen LogP contribution in [0, 0.1) is 5.92 Å². The first kappa shape index (κ1) is 46.0. The number of imidazole rings is 1. The summed E-state index contributed by atoms with van der Waals surface area (Å²) in [6, 6.07) is 5.62. The molecule has 342 valence electrons. The van der Waals surface area contributed by atoms with Crippen molar-refractivity contribution in [2.45, 2.75) is 120 Å². The van der Waals surface area contributed by atoms with E-state index in [1.807, 2.05) is 0 Å². The molecule has 15 nitrogen and oxygen atoms in total. The summed E-state index contributed by atoms with van der Waals surface area (Å²) in [7, 11) is 0. The van der Waals surface area contributed by atoms with Crippen LogP contribution in [0.5, 0.6) is 0 Å². The van der Waals surface area contributed by atoms with Crippen molar-refractivity contribution in [3.8, 4) is 0 Å². The van der Waals surface area contributed by atoms with Gasteiger partial charge in [0.2, 0.25) is 11.7 Å². The monoisotopic (exact) mass is 891 g/mol. The molecule has 0 spiro atoms. The van der Waals surface area contributed by atoms with Crippen LogP contribution in [0.3, 0.4) is 0 Å². The van der Waals surface area contributed by atoms with Gasteiger partial charge in [-0.05, 0) is 87.8 Å². The van der Waals surface area contributed by atoms with E-state index in [2.05, 4.69) is 30.2 Å². The van der Waals surface area contributed by atoms with E-state index in [1.165, 1.54) is 35.4 Å². The van der Waals surface area contributed by atoms with Crippen LogP contribution in [-0.2, 0) is 39.5 Å². The van der Waals surface area contributed by atoms with E-state index in [4.69, 9.17) is 4.74 Å². The number of alkyl halides is 6. The molecule has 7 rings (SSSR count). The maximum Gasteiger partial charge on any atom is 0.451 e. The number of ether oxygens (including phenoxy) is 1. The standard InChI is InChI=1S/C42H51F6N9O6/c43-41(44,45)27-13-11-25(12-14-27)5-1-9-30(59)29-8-4-18-56(29)33-21-32(53-40(54-33)42(46,47)48)55-19-15-26(16-20-55)6-2-10-34(60)49-17-3-7-28-35-38(51-23-50-28)57(24-52-35)39-37(62)36(61)31(22-58)63-39/h11-14,21,23-24,26,29,31,36-37,39,58,61-62H,1-10,15-20,22H2,(H,49,60)/t29-,31+,36-,37?,39+/m0/s1. The number of halogens is 6. The molecule has 3 aliphatic heterocycles. The lowest BCUT2D eigenvalue weighted by atomic mass is 9.91. The Balaban J connectivity index is 0.849. The fraction of sp³-hybridized carbons (Fsp3) is 0.595. The van der Waals surface area contributed by atoms with E-state index in [9.17, 15) is 51.3 Å². The number of fused-ring (bicyclic) bond motifs is 1. The minimum absolute atomic E-state index is 0.0365. The molecule has 63 heavy (non-hydrogen) atoms. The van der Waals surface area contributed by atoms with Gasteiger partial charge in [0.1, 0.15) is 41.8 Å². The third kappa shape index (κ3) is 11.0. The van der Waals surface area contributed by atoms with Crippen molar-refractivity contribution in [3.05, 3.63) is 65.6 Å². The van der Waals surface area contributed by atoms with Crippen LogP contribution in [0.15, 0.2) is 43.0 Å². The third-order valence-electron chi connectivity index (χ3n) is 12.1. The fourth-order valence-corrected chi connectivity index (χ4v) is 8.68. The van der Waals surface area contributed by atoms with Gasteiger partial charge in [0.05, 0.1) is 30.2 Å². The summed E-state index contributed by atoms with van der Waals surface area (Å²) in [6.45, 7) is 1.21. The number of nitrogens with zero attached hydrogens (tertiary/aromatic N) is 8. The van der Waals surface area contributed by atoms with Gasteiger partial charge in [-0.15, -0.1) is 0 Å². The van der Waals surface area contributed by atoms with Gasteiger partial charge in [-0.25, -0.2) is 24.9 Å². The minimum atomic E-state index is -4.81. The van der Waals surface area contributed by atoms with Crippen molar-refractivity contribution in [3.63, 3.8) is 0 Å². The number of aromatic nitrogens is 6. The van der Waals surface area contributed by atoms with Gasteiger partial charge >= 0.3 is 12.4 Å². The predicted octanol–water partition coefficient (Wildman–Crippen LogP) is 4.96. The highest BCUT2D eigenvalue weighted by Gasteiger charge is 2.44. The first-order valence-corrected chi connectivity index (χ1v) is 21.3. The second-order valence-electron chi connectivity index (χ2n) is 16.4. The number of aliphatic hydroxyl groups excluding tert-OH is 3. The fourth-order valence-electron chi connectivity index (χ4n) is 8.68. The molecule has 21 heteroatoms. The van der Waals surface area contributed by atoms with Gasteiger partial charge in [0.25, 0.3) is 0 Å². The van der Waals surface area contributed by atoms with Gasteiger partial charge in [-0.3, -0.25) is 14.2 Å². The number of ketones is 1. The van der Waals surface area contributed by atoms with Gasteiger partial charge in [-0.1, -0.05) is 12.1 Å². The minimum Gasteiger partial charge on any atom is -0.394 e. The van der Waals surface area contributed by atoms with Crippen molar-refractivity contribution in [1.29, 1.82) is 0 Å². The number of amides is 1. The van der Waals surface area contributed by atoms with E-state index < -0.39 is 60.9 Å². The highest BCUT2D eigenvalue weighted by atomic mass is 19.4. The van der Waals surface area contributed by atoms with E-state index in [1.54, 1.807) is 9.80 Å². The Labute approximate surface area is 358 Å². The van der Waals surface area contributed by atoms with Crippen LogP contribution >= 0.6 is 0 Å². The Hall–Kier alpha value is -4.99. The molecule has 5 atom stereocenters. The van der Waals surface area contributed by atoms with Crippen molar-refractivity contribution < 1.29 is 56.0 Å². The zero-order valence-corrected chi connectivity index (χ0v) is 34.4. The first-order chi connectivity index (χ1) is 30.1. The lowest BCUT2D eigenvalue weighted by Crippen LogP contribution is -2.38. The van der Waals surface area contributed by atoms with Crippen LogP contribution in [0.1, 0.15) is 93.1 Å². The van der Waals surface area contributed by atoms with Crippen molar-refractivity contribution in [1.82, 2.24) is 34.8 Å². The smallest absolute Gasteiger partial charge is 0.394 e. The normalized spacial score (nSPS) is 22.3. The number of Topliss-reactive ketones (excluding diaryl/α,β-unsaturated/α-hetero) is 1. The molecule has 4 aromatic rings. The SMILES string of the molecule is O=C(CCCC1CCN(c2cc(N3CCC[C@H]3C(=O)CCCc3ccc(C(F)(F)F)cc3)nc(C(F)(F)F)n2)CC1)NCCCc1ncnc2c1ncn2[C@@H]1O[C@H](CO)[C@H](O)C1O. The van der Waals surface area contributed by atoms with E-state index in [-0.39, 0.29) is 35.7 Å². The third-order valence-corrected chi connectivity index (χ3v) is 12.1. The quantitative estimate of drug-likeness (QED) is 0.0823. The molecule has 0 aliphatic carbocycles. The van der Waals surface area contributed by atoms with Crippen LogP contribution in [-0.4, -0.2) is 114 Å². The maximum absolute atomic E-state index is 14.1. The summed E-state index contributed by atoms with van der Waals surface area (Å²) in [5, 5.41) is 33.0. The number of hydrogen-bond donors (Lipinski definition) is 4. The molecule has 0 bridgehead atoms. The number of anilines is 2. The second kappa shape index (κ2) is 19.8. The molecular weight excluding hydrogens is 841 g/mol. The molecule has 1 aromatic carbocycles. The number of benzene rings is 1. The topological polar surface area (TPSA) is 192 Å². The molecule has 1 unspecified atom stereocenters. The number of carbonyl (C=O) groups is 2. The number of rotatable bonds is 17. The van der Waals surface area contributed by atoms with Gasteiger partial charge in [0.15, 0.2) is 17.7 Å². The van der Waals surface area contributed by atoms with Crippen LogP contribution in [0.2, 0.25) is 0 Å². The van der Waals surface area contributed by atoms with E-state index >= 15 is 0 Å². The number of nitrogens with one attached hydrogen (secondary N) is 1. The highest BCUT2D eigenvalue weighted by molar-refractivity contribution is 5.87. The average Bonchev–Trinajstić information content (AvgIpc) is 4.00. The summed E-state index contributed by atoms with van der Waals surface area (Å²) in [4.78, 5) is 50.2. The van der Waals surface area contributed by atoms with Gasteiger partial charge < -0.3 is 35.2 Å². The summed E-state index contributed by atoms with van der Waals surface area (Å²) in [5.41, 5.74) is 1.43. The lowest BCUT2D eigenvalue weighted by Gasteiger charge is -2.34. The summed E-state index contributed by atoms with van der Waals surface area (Å²) in [6.07, 6.45) is -4.83. The average molecular weight is 892 g/mol. The summed E-state index contributed by atoms with van der Waals surface area (Å²) in [5.74, 6) is -1.09.